The highest BCUT2D eigenvalue weighted by atomic mass is 19.1. The smallest absolute Gasteiger partial charge is 0.277 e. The van der Waals surface area contributed by atoms with E-state index >= 15 is 0 Å². The maximum Gasteiger partial charge on any atom is 0.277 e. The minimum absolute atomic E-state index is 0.0222. The van der Waals surface area contributed by atoms with Crippen molar-refractivity contribution in [1.82, 2.24) is 9.97 Å². The molecular formula is C14H17FN4O3. The van der Waals surface area contributed by atoms with Crippen molar-refractivity contribution in [2.75, 3.05) is 37.5 Å². The number of ether oxygens (including phenoxy) is 1. The molecule has 0 saturated carbocycles. The first-order valence-corrected chi connectivity index (χ1v) is 6.62. The number of carbonyl (C=O) groups excluding carboxylic acids is 1. The summed E-state index contributed by atoms with van der Waals surface area (Å²) in [6, 6.07) is 3.50. The van der Waals surface area contributed by atoms with Crippen molar-refractivity contribution >= 4 is 17.4 Å². The van der Waals surface area contributed by atoms with Gasteiger partial charge in [0.25, 0.3) is 5.91 Å². The Hall–Kier alpha value is -2.48. The van der Waals surface area contributed by atoms with E-state index in [0.717, 1.165) is 12.1 Å². The van der Waals surface area contributed by atoms with Gasteiger partial charge in [0.1, 0.15) is 12.1 Å². The molecular weight excluding hydrogens is 291 g/mol. The third kappa shape index (κ3) is 4.01. The number of likely N-dealkylation sites (N-methyl/N-ethyl adjacent to an activating group) is 1. The Balaban J connectivity index is 1.97. The summed E-state index contributed by atoms with van der Waals surface area (Å²) in [5.41, 5.74) is 0.535. The number of carbonyl (C=O) groups is 1. The molecule has 2 aromatic heterocycles. The first-order chi connectivity index (χ1) is 10.6. The Morgan fingerprint density at radius 2 is 2.32 bits per heavy atom. The fourth-order valence-electron chi connectivity index (χ4n) is 1.70. The van der Waals surface area contributed by atoms with Gasteiger partial charge in [-0.25, -0.2) is 14.4 Å². The number of oxazole rings is 1. The quantitative estimate of drug-likeness (QED) is 0.841. The van der Waals surface area contributed by atoms with Crippen LogP contribution in [0.2, 0.25) is 0 Å². The standard InChI is InChI=1S/C14H17FN4O3/c1-19(5-6-21-2)12-4-3-10(8-16-12)17-14(20)11-9-22-13(7-15)18-11/h3-4,8-9H,5-7H2,1-2H3,(H,17,20). The van der Waals surface area contributed by atoms with Crippen LogP contribution in [0, 0.1) is 0 Å². The van der Waals surface area contributed by atoms with Crippen molar-refractivity contribution in [2.24, 2.45) is 0 Å². The van der Waals surface area contributed by atoms with Crippen molar-refractivity contribution in [3.63, 3.8) is 0 Å². The van der Waals surface area contributed by atoms with E-state index in [1.807, 2.05) is 11.9 Å². The molecule has 0 unspecified atom stereocenters. The third-order valence-corrected chi connectivity index (χ3v) is 2.93. The normalized spacial score (nSPS) is 10.5. The fourth-order valence-corrected chi connectivity index (χ4v) is 1.70. The number of nitrogens with one attached hydrogen (secondary N) is 1. The van der Waals surface area contributed by atoms with Gasteiger partial charge in [-0.15, -0.1) is 0 Å². The largest absolute Gasteiger partial charge is 0.445 e. The summed E-state index contributed by atoms with van der Waals surface area (Å²) in [7, 11) is 3.53. The van der Waals surface area contributed by atoms with Crippen LogP contribution in [0.4, 0.5) is 15.9 Å². The van der Waals surface area contributed by atoms with Crippen LogP contribution in [0.1, 0.15) is 16.4 Å². The molecule has 0 bridgehead atoms. The summed E-state index contributed by atoms with van der Waals surface area (Å²) < 4.78 is 22.1. The molecule has 22 heavy (non-hydrogen) atoms. The average Bonchev–Trinajstić information content (AvgIpc) is 3.02. The highest BCUT2D eigenvalue weighted by molar-refractivity contribution is 6.02. The second-order valence-corrected chi connectivity index (χ2v) is 4.53. The molecule has 118 valence electrons. The van der Waals surface area contributed by atoms with Crippen LogP contribution in [-0.2, 0) is 11.4 Å². The molecule has 7 nitrogen and oxygen atoms in total. The number of pyridine rings is 1. The molecule has 0 aromatic carbocycles. The second kappa shape index (κ2) is 7.51. The zero-order valence-electron chi connectivity index (χ0n) is 12.4. The molecule has 2 aromatic rings. The molecule has 2 rings (SSSR count). The minimum atomic E-state index is -0.850. The van der Waals surface area contributed by atoms with E-state index in [1.165, 1.54) is 6.20 Å². The fraction of sp³-hybridized carbons (Fsp3) is 0.357. The molecule has 0 aliphatic carbocycles. The molecule has 2 heterocycles. The number of hydrogen-bond acceptors (Lipinski definition) is 6. The number of nitrogens with zero attached hydrogens (tertiary/aromatic N) is 3. The Bertz CT molecular complexity index is 615. The van der Waals surface area contributed by atoms with Crippen molar-refractivity contribution in [3.8, 4) is 0 Å². The highest BCUT2D eigenvalue weighted by Gasteiger charge is 2.12. The van der Waals surface area contributed by atoms with Crippen LogP contribution in [0.5, 0.6) is 0 Å². The summed E-state index contributed by atoms with van der Waals surface area (Å²) in [5.74, 6) is 0.153. The summed E-state index contributed by atoms with van der Waals surface area (Å²) >= 11 is 0. The van der Waals surface area contributed by atoms with Crippen LogP contribution in [-0.4, -0.2) is 43.2 Å². The van der Waals surface area contributed by atoms with Crippen LogP contribution in [0.25, 0.3) is 0 Å². The molecule has 0 fully saturated rings. The lowest BCUT2D eigenvalue weighted by Crippen LogP contribution is -2.23. The van der Waals surface area contributed by atoms with Gasteiger partial charge in [-0.2, -0.15) is 0 Å². The van der Waals surface area contributed by atoms with Gasteiger partial charge < -0.3 is 19.4 Å². The number of rotatable bonds is 7. The Labute approximate surface area is 127 Å². The SMILES string of the molecule is COCCN(C)c1ccc(NC(=O)c2coc(CF)n2)cn1. The van der Waals surface area contributed by atoms with Crippen molar-refractivity contribution < 1.29 is 18.3 Å². The van der Waals surface area contributed by atoms with Gasteiger partial charge >= 0.3 is 0 Å². The van der Waals surface area contributed by atoms with Crippen LogP contribution in [0.3, 0.4) is 0 Å². The van der Waals surface area contributed by atoms with Crippen molar-refractivity contribution in [2.45, 2.75) is 6.67 Å². The van der Waals surface area contributed by atoms with E-state index in [0.29, 0.717) is 18.8 Å². The van der Waals surface area contributed by atoms with Crippen LogP contribution < -0.4 is 10.2 Å². The van der Waals surface area contributed by atoms with E-state index in [2.05, 4.69) is 15.3 Å². The van der Waals surface area contributed by atoms with E-state index in [-0.39, 0.29) is 11.6 Å². The maximum absolute atomic E-state index is 12.3. The van der Waals surface area contributed by atoms with Crippen LogP contribution in [0.15, 0.2) is 29.0 Å². The average molecular weight is 308 g/mol. The summed E-state index contributed by atoms with van der Waals surface area (Å²) in [4.78, 5) is 21.8. The van der Waals surface area contributed by atoms with Gasteiger partial charge in [-0.05, 0) is 12.1 Å². The predicted molar refractivity (Wildman–Crippen MR) is 78.7 cm³/mol. The molecule has 0 aliphatic rings. The van der Waals surface area contributed by atoms with Gasteiger partial charge in [0.05, 0.1) is 18.5 Å². The summed E-state index contributed by atoms with van der Waals surface area (Å²) in [6.45, 7) is 0.456. The van der Waals surface area contributed by atoms with E-state index in [9.17, 15) is 9.18 Å². The Morgan fingerprint density at radius 1 is 1.50 bits per heavy atom. The first kappa shape index (κ1) is 15.9. The van der Waals surface area contributed by atoms with Gasteiger partial charge in [0, 0.05) is 20.7 Å². The lowest BCUT2D eigenvalue weighted by Gasteiger charge is -2.17. The number of methoxy groups -OCH3 is 1. The van der Waals surface area contributed by atoms with Crippen molar-refractivity contribution in [1.29, 1.82) is 0 Å². The van der Waals surface area contributed by atoms with Gasteiger partial charge in [0.2, 0.25) is 5.89 Å². The van der Waals surface area contributed by atoms with E-state index in [1.54, 1.807) is 19.2 Å². The topological polar surface area (TPSA) is 80.5 Å². The minimum Gasteiger partial charge on any atom is -0.445 e. The van der Waals surface area contributed by atoms with Gasteiger partial charge in [-0.1, -0.05) is 0 Å². The number of hydrogen-bond donors (Lipinski definition) is 1. The molecule has 0 atom stereocenters. The number of alkyl halides is 1. The number of amides is 1. The van der Waals surface area contributed by atoms with Gasteiger partial charge in [0.15, 0.2) is 12.4 Å². The van der Waals surface area contributed by atoms with E-state index < -0.39 is 12.6 Å². The second-order valence-electron chi connectivity index (χ2n) is 4.53. The maximum atomic E-state index is 12.3. The summed E-state index contributed by atoms with van der Waals surface area (Å²) in [5, 5.41) is 2.62. The molecule has 8 heteroatoms. The van der Waals surface area contributed by atoms with Crippen LogP contribution >= 0.6 is 0 Å². The van der Waals surface area contributed by atoms with E-state index in [4.69, 9.17) is 9.15 Å². The molecule has 0 aliphatic heterocycles. The highest BCUT2D eigenvalue weighted by Crippen LogP contribution is 2.14. The molecule has 0 saturated heterocycles. The lowest BCUT2D eigenvalue weighted by molar-refractivity contribution is 0.102. The number of aromatic nitrogens is 2. The third-order valence-electron chi connectivity index (χ3n) is 2.93. The summed E-state index contributed by atoms with van der Waals surface area (Å²) in [6.07, 6.45) is 2.65. The molecule has 1 N–H and O–H groups in total. The molecule has 0 spiro atoms. The monoisotopic (exact) mass is 308 g/mol. The zero-order chi connectivity index (χ0) is 15.9. The lowest BCUT2D eigenvalue weighted by atomic mass is 10.3. The first-order valence-electron chi connectivity index (χ1n) is 6.62. The number of halogens is 1. The number of anilines is 2. The zero-order valence-corrected chi connectivity index (χ0v) is 12.4. The molecule has 0 radical (unpaired) electrons. The predicted octanol–water partition coefficient (Wildman–Crippen LogP) is 1.87. The molecule has 1 amide bonds. The Kier molecular flexibility index (Phi) is 5.42. The Morgan fingerprint density at radius 3 is 2.91 bits per heavy atom. The van der Waals surface area contributed by atoms with Gasteiger partial charge in [-0.3, -0.25) is 4.79 Å². The van der Waals surface area contributed by atoms with Crippen molar-refractivity contribution in [3.05, 3.63) is 36.2 Å².